The third-order valence-electron chi connectivity index (χ3n) is 7.11. The third-order valence-corrected chi connectivity index (χ3v) is 7.47. The van der Waals surface area contributed by atoms with E-state index in [9.17, 15) is 9.59 Å². The Morgan fingerprint density at radius 1 is 1.30 bits per heavy atom. The Kier molecular flexibility index (Phi) is 5.53. The van der Waals surface area contributed by atoms with Crippen LogP contribution in [0.3, 0.4) is 0 Å². The fraction of sp³-hybridized carbons (Fsp3) is 0.571. The number of anilines is 1. The van der Waals surface area contributed by atoms with E-state index in [1.165, 1.54) is 6.42 Å². The first kappa shape index (κ1) is 20.8. The molecule has 0 spiro atoms. The molecule has 0 aromatic carbocycles. The van der Waals surface area contributed by atoms with Crippen molar-refractivity contribution in [2.24, 2.45) is 23.2 Å². The second-order valence-corrected chi connectivity index (χ2v) is 9.45. The van der Waals surface area contributed by atoms with Gasteiger partial charge in [-0.1, -0.05) is 32.4 Å². The third kappa shape index (κ3) is 3.80. The zero-order valence-corrected chi connectivity index (χ0v) is 18.2. The highest BCUT2D eigenvalue weighted by atomic mass is 35.5. The average Bonchev–Trinajstić information content (AvgIpc) is 2.73. The van der Waals surface area contributed by atoms with Crippen molar-refractivity contribution in [2.75, 3.05) is 5.32 Å². The fourth-order valence-corrected chi connectivity index (χ4v) is 5.23. The molecule has 5 rings (SSSR count). The average molecular weight is 431 g/mol. The maximum atomic E-state index is 12.6. The molecule has 4 atom stereocenters. The topological polar surface area (TPSA) is 102 Å². The van der Waals surface area contributed by atoms with Crippen molar-refractivity contribution in [3.05, 3.63) is 45.6 Å². The molecule has 2 bridgehead atoms. The maximum absolute atomic E-state index is 12.6. The van der Waals surface area contributed by atoms with Crippen molar-refractivity contribution in [1.82, 2.24) is 25.3 Å². The summed E-state index contributed by atoms with van der Waals surface area (Å²) in [5.74, 6) is 1.54. The number of rotatable bonds is 6. The first-order valence-corrected chi connectivity index (χ1v) is 10.7. The van der Waals surface area contributed by atoms with E-state index in [4.69, 9.17) is 11.6 Å². The van der Waals surface area contributed by atoms with E-state index in [2.05, 4.69) is 46.7 Å². The highest BCUT2D eigenvalue weighted by Crippen LogP contribution is 2.61. The molecule has 0 radical (unpaired) electrons. The molecule has 30 heavy (non-hydrogen) atoms. The summed E-state index contributed by atoms with van der Waals surface area (Å²) in [7, 11) is 0. The van der Waals surface area contributed by atoms with Crippen LogP contribution in [0.1, 0.15) is 39.2 Å². The van der Waals surface area contributed by atoms with Gasteiger partial charge in [0.25, 0.3) is 5.56 Å². The van der Waals surface area contributed by atoms with Crippen LogP contribution < -0.4 is 16.2 Å². The molecule has 2 aromatic rings. The van der Waals surface area contributed by atoms with Crippen LogP contribution in [-0.4, -0.2) is 31.9 Å². The van der Waals surface area contributed by atoms with E-state index in [-0.39, 0.29) is 23.5 Å². The number of nitrogens with zero attached hydrogens (tertiary/aromatic N) is 4. The second kappa shape index (κ2) is 7.98. The van der Waals surface area contributed by atoms with Crippen LogP contribution in [0.2, 0.25) is 5.02 Å². The Labute approximate surface area is 180 Å². The minimum atomic E-state index is -0.476. The number of halogens is 1. The Balaban J connectivity index is 1.39. The molecule has 2 N–H and O–H groups in total. The van der Waals surface area contributed by atoms with Crippen molar-refractivity contribution in [2.45, 2.75) is 52.7 Å². The molecule has 1 amide bonds. The molecule has 9 heteroatoms. The maximum Gasteiger partial charge on any atom is 0.288 e. The molecule has 3 fully saturated rings. The number of carbonyl (C=O) groups is 1. The lowest BCUT2D eigenvalue weighted by Gasteiger charge is -2.62. The Morgan fingerprint density at radius 3 is 2.77 bits per heavy atom. The summed E-state index contributed by atoms with van der Waals surface area (Å²) in [6, 6.07) is 2.03. The summed E-state index contributed by atoms with van der Waals surface area (Å²) in [5, 5.41) is 17.9. The van der Waals surface area contributed by atoms with E-state index >= 15 is 0 Å². The molecule has 3 saturated carbocycles. The second-order valence-electron chi connectivity index (χ2n) is 9.07. The van der Waals surface area contributed by atoms with Gasteiger partial charge in [0, 0.05) is 18.8 Å². The van der Waals surface area contributed by atoms with Gasteiger partial charge in [-0.05, 0) is 47.6 Å². The van der Waals surface area contributed by atoms with E-state index < -0.39 is 5.56 Å². The van der Waals surface area contributed by atoms with Crippen molar-refractivity contribution in [1.29, 1.82) is 0 Å². The van der Waals surface area contributed by atoms with Crippen LogP contribution in [-0.2, 0) is 17.9 Å². The number of carbonyl (C=O) groups excluding carboxylic acids is 1. The highest BCUT2D eigenvalue weighted by Gasteiger charge is 2.56. The van der Waals surface area contributed by atoms with Gasteiger partial charge in [0.2, 0.25) is 5.91 Å². The van der Waals surface area contributed by atoms with Gasteiger partial charge < -0.3 is 10.6 Å². The SMILES string of the molecule is C[C@@H]1[C@H]2C[C@@H](C[C@H]1Nc1cnn(CC(=O)NCc3ccnnc3)c(=O)c1Cl)C2(C)C. The zero-order valence-electron chi connectivity index (χ0n) is 17.4. The lowest BCUT2D eigenvalue weighted by Crippen LogP contribution is -2.58. The molecule has 160 valence electrons. The van der Waals surface area contributed by atoms with Gasteiger partial charge in [-0.25, -0.2) is 4.68 Å². The molecule has 3 aliphatic rings. The Morgan fingerprint density at radius 2 is 2.10 bits per heavy atom. The van der Waals surface area contributed by atoms with Crippen molar-refractivity contribution in [3.63, 3.8) is 0 Å². The number of fused-ring (bicyclic) bond motifs is 2. The molecule has 8 nitrogen and oxygen atoms in total. The van der Waals surface area contributed by atoms with E-state index in [0.717, 1.165) is 16.7 Å². The monoisotopic (exact) mass is 430 g/mol. The summed E-state index contributed by atoms with van der Waals surface area (Å²) in [5.41, 5.74) is 1.27. The van der Waals surface area contributed by atoms with Gasteiger partial charge in [0.05, 0.1) is 18.1 Å². The highest BCUT2D eigenvalue weighted by molar-refractivity contribution is 6.32. The number of aromatic nitrogens is 4. The molecule has 0 aliphatic heterocycles. The molecule has 0 unspecified atom stereocenters. The van der Waals surface area contributed by atoms with Gasteiger partial charge in [-0.3, -0.25) is 9.59 Å². The van der Waals surface area contributed by atoms with E-state index in [1.807, 2.05) is 0 Å². The lowest BCUT2D eigenvalue weighted by atomic mass is 9.45. The predicted octanol–water partition coefficient (Wildman–Crippen LogP) is 2.49. The summed E-state index contributed by atoms with van der Waals surface area (Å²) >= 11 is 6.34. The number of nitrogens with one attached hydrogen (secondary N) is 2. The van der Waals surface area contributed by atoms with Gasteiger partial charge in [0.1, 0.15) is 11.6 Å². The van der Waals surface area contributed by atoms with Crippen LogP contribution in [0.15, 0.2) is 29.5 Å². The zero-order chi connectivity index (χ0) is 21.5. The number of hydrogen-bond donors (Lipinski definition) is 2. The van der Waals surface area contributed by atoms with Crippen LogP contribution in [0.25, 0.3) is 0 Å². The quantitative estimate of drug-likeness (QED) is 0.730. The summed E-state index contributed by atoms with van der Waals surface area (Å²) < 4.78 is 1.08. The van der Waals surface area contributed by atoms with Crippen LogP contribution in [0.4, 0.5) is 5.69 Å². The first-order valence-electron chi connectivity index (χ1n) is 10.3. The largest absolute Gasteiger partial charge is 0.379 e. The van der Waals surface area contributed by atoms with Crippen molar-refractivity contribution < 1.29 is 4.79 Å². The Hall–Kier alpha value is -2.48. The number of hydrogen-bond acceptors (Lipinski definition) is 6. The molecular weight excluding hydrogens is 404 g/mol. The van der Waals surface area contributed by atoms with Crippen LogP contribution in [0, 0.1) is 23.2 Å². The smallest absolute Gasteiger partial charge is 0.288 e. The predicted molar refractivity (Wildman–Crippen MR) is 114 cm³/mol. The van der Waals surface area contributed by atoms with Crippen LogP contribution in [0.5, 0.6) is 0 Å². The molecule has 2 aromatic heterocycles. The van der Waals surface area contributed by atoms with Crippen LogP contribution >= 0.6 is 11.6 Å². The minimum Gasteiger partial charge on any atom is -0.379 e. The Bertz CT molecular complexity index is 993. The fourth-order valence-electron chi connectivity index (χ4n) is 5.03. The lowest BCUT2D eigenvalue weighted by molar-refractivity contribution is -0.122. The summed E-state index contributed by atoms with van der Waals surface area (Å²) in [4.78, 5) is 24.8. The van der Waals surface area contributed by atoms with Gasteiger partial charge >= 0.3 is 0 Å². The molecular formula is C21H27ClN6O2. The van der Waals surface area contributed by atoms with Gasteiger partial charge in [-0.15, -0.1) is 0 Å². The standard InChI is InChI=1S/C21H27ClN6O2/c1-12-15-6-14(21(15,2)3)7-16(12)27-17-10-26-28(20(30)19(17)22)11-18(29)23-8-13-4-5-24-25-9-13/h4-5,9-10,12,14-16,27H,6-8,11H2,1-3H3,(H,23,29)/t12-,14+,15-,16-/m1/s1. The minimum absolute atomic E-state index is 0.0711. The molecule has 2 heterocycles. The number of amides is 1. The van der Waals surface area contributed by atoms with E-state index in [0.29, 0.717) is 35.4 Å². The van der Waals surface area contributed by atoms with Crippen molar-refractivity contribution in [3.8, 4) is 0 Å². The first-order chi connectivity index (χ1) is 14.3. The molecule has 3 aliphatic carbocycles. The van der Waals surface area contributed by atoms with E-state index in [1.54, 1.807) is 24.7 Å². The van der Waals surface area contributed by atoms with Gasteiger partial charge in [0.15, 0.2) is 0 Å². The summed E-state index contributed by atoms with van der Waals surface area (Å²) in [6.07, 6.45) is 7.01. The van der Waals surface area contributed by atoms with Crippen molar-refractivity contribution >= 4 is 23.2 Å². The van der Waals surface area contributed by atoms with Gasteiger partial charge in [-0.2, -0.15) is 15.3 Å². The normalized spacial score (nSPS) is 26.5. The molecule has 0 saturated heterocycles. The summed E-state index contributed by atoms with van der Waals surface area (Å²) in [6.45, 7) is 7.07.